The first kappa shape index (κ1) is 21.6. The van der Waals surface area contributed by atoms with Crippen LogP contribution in [0.4, 0.5) is 0 Å². The molecule has 0 aliphatic rings. The molecule has 5 aromatic rings. The Balaban J connectivity index is 1.41. The van der Waals surface area contributed by atoms with Crippen molar-refractivity contribution < 1.29 is 4.42 Å². The Bertz CT molecular complexity index is 1370. The minimum Gasteiger partial charge on any atom is -0.424 e. The third kappa shape index (κ3) is 4.93. The maximum Gasteiger partial charge on any atom is 0.226 e. The first-order valence-electron chi connectivity index (χ1n) is 9.96. The van der Waals surface area contributed by atoms with Crippen LogP contribution < -0.4 is 0 Å². The van der Waals surface area contributed by atoms with Crippen molar-refractivity contribution in [1.29, 1.82) is 0 Å². The van der Waals surface area contributed by atoms with E-state index in [9.17, 15) is 0 Å². The molecule has 5 rings (SSSR count). The number of aromatic nitrogens is 6. The van der Waals surface area contributed by atoms with E-state index in [1.54, 1.807) is 24.5 Å². The summed E-state index contributed by atoms with van der Waals surface area (Å²) in [5.74, 6) is 2.16. The van der Waals surface area contributed by atoms with Gasteiger partial charge in [-0.05, 0) is 35.9 Å². The summed E-state index contributed by atoms with van der Waals surface area (Å²) in [5, 5.41) is 18.7. The Morgan fingerprint density at radius 2 is 1.70 bits per heavy atom. The van der Waals surface area contributed by atoms with E-state index in [1.165, 1.54) is 11.8 Å². The van der Waals surface area contributed by atoms with Gasteiger partial charge in [0.2, 0.25) is 11.8 Å². The van der Waals surface area contributed by atoms with Crippen molar-refractivity contribution in [3.8, 4) is 17.1 Å². The highest BCUT2D eigenvalue weighted by atomic mass is 35.5. The fraction of sp³-hybridized carbons (Fsp3) is 0.0870. The lowest BCUT2D eigenvalue weighted by molar-refractivity contribution is 0.474. The summed E-state index contributed by atoms with van der Waals surface area (Å²) in [6.45, 7) is 0. The van der Waals surface area contributed by atoms with E-state index >= 15 is 0 Å². The number of halogens is 2. The molecule has 33 heavy (non-hydrogen) atoms. The molecule has 0 unspecified atom stereocenters. The molecule has 164 valence electrons. The lowest BCUT2D eigenvalue weighted by Crippen LogP contribution is -2.00. The molecule has 0 atom stereocenters. The Labute approximate surface area is 203 Å². The molecule has 0 spiro atoms. The molecular formula is C23H16Cl2N6OS. The molecule has 0 bridgehead atoms. The van der Waals surface area contributed by atoms with E-state index < -0.39 is 0 Å². The van der Waals surface area contributed by atoms with Gasteiger partial charge in [0, 0.05) is 18.0 Å². The minimum absolute atomic E-state index is 0.439. The first-order chi connectivity index (χ1) is 16.2. The summed E-state index contributed by atoms with van der Waals surface area (Å²) in [4.78, 5) is 4.20. The average molecular weight is 495 g/mol. The van der Waals surface area contributed by atoms with Gasteiger partial charge in [0.25, 0.3) is 0 Å². The second-order valence-corrected chi connectivity index (χ2v) is 8.78. The largest absolute Gasteiger partial charge is 0.424 e. The van der Waals surface area contributed by atoms with Crippen LogP contribution in [-0.2, 0) is 12.2 Å². The molecule has 10 heteroatoms. The molecule has 7 nitrogen and oxygen atoms in total. The summed E-state index contributed by atoms with van der Waals surface area (Å²) in [6.07, 6.45) is 4.03. The second-order valence-electron chi connectivity index (χ2n) is 7.02. The van der Waals surface area contributed by atoms with Crippen LogP contribution in [0.2, 0.25) is 10.0 Å². The molecule has 0 fully saturated rings. The van der Waals surface area contributed by atoms with Gasteiger partial charge in [0.1, 0.15) is 0 Å². The Morgan fingerprint density at radius 3 is 2.48 bits per heavy atom. The highest BCUT2D eigenvalue weighted by Gasteiger charge is 2.18. The fourth-order valence-electron chi connectivity index (χ4n) is 3.22. The van der Waals surface area contributed by atoms with Crippen LogP contribution in [-0.4, -0.2) is 29.9 Å². The zero-order valence-corrected chi connectivity index (χ0v) is 19.4. The summed E-state index contributed by atoms with van der Waals surface area (Å²) in [6, 6.07) is 19.2. The van der Waals surface area contributed by atoms with Gasteiger partial charge in [-0.1, -0.05) is 65.3 Å². The van der Waals surface area contributed by atoms with E-state index in [4.69, 9.17) is 27.6 Å². The fourth-order valence-corrected chi connectivity index (χ4v) is 4.30. The molecule has 0 aliphatic heterocycles. The molecular weight excluding hydrogens is 479 g/mol. The van der Waals surface area contributed by atoms with Crippen molar-refractivity contribution in [1.82, 2.24) is 29.9 Å². The van der Waals surface area contributed by atoms with Gasteiger partial charge in [-0.2, -0.15) is 0 Å². The van der Waals surface area contributed by atoms with Crippen LogP contribution in [0.15, 0.2) is 82.6 Å². The van der Waals surface area contributed by atoms with Gasteiger partial charge in [-0.3, -0.25) is 9.55 Å². The third-order valence-electron chi connectivity index (χ3n) is 4.75. The molecule has 2 aromatic carbocycles. The Kier molecular flexibility index (Phi) is 6.39. The third-order valence-corrected chi connectivity index (χ3v) is 6.40. The van der Waals surface area contributed by atoms with Crippen LogP contribution in [0.3, 0.4) is 0 Å². The van der Waals surface area contributed by atoms with Crippen LogP contribution in [0.1, 0.15) is 17.3 Å². The van der Waals surface area contributed by atoms with Crippen molar-refractivity contribution in [3.63, 3.8) is 0 Å². The molecule has 0 N–H and O–H groups in total. The summed E-state index contributed by atoms with van der Waals surface area (Å²) < 4.78 is 7.74. The zero-order valence-electron chi connectivity index (χ0n) is 17.1. The van der Waals surface area contributed by atoms with Crippen LogP contribution in [0.25, 0.3) is 17.1 Å². The smallest absolute Gasteiger partial charge is 0.226 e. The summed E-state index contributed by atoms with van der Waals surface area (Å²) >= 11 is 13.8. The topological polar surface area (TPSA) is 82.5 Å². The van der Waals surface area contributed by atoms with Crippen LogP contribution >= 0.6 is 35.0 Å². The molecule has 0 amide bonds. The summed E-state index contributed by atoms with van der Waals surface area (Å²) in [5.41, 5.74) is 2.72. The van der Waals surface area contributed by atoms with Gasteiger partial charge in [0.05, 0.1) is 27.9 Å². The minimum atomic E-state index is 0.439. The van der Waals surface area contributed by atoms with Gasteiger partial charge in [-0.15, -0.1) is 20.4 Å². The number of hydrogen-bond acceptors (Lipinski definition) is 7. The van der Waals surface area contributed by atoms with Crippen molar-refractivity contribution >= 4 is 35.0 Å². The predicted octanol–water partition coefficient (Wildman–Crippen LogP) is 5.90. The van der Waals surface area contributed by atoms with E-state index in [0.717, 1.165) is 16.8 Å². The van der Waals surface area contributed by atoms with E-state index in [0.29, 0.717) is 45.0 Å². The molecule has 0 saturated carbocycles. The molecule has 0 radical (unpaired) electrons. The normalized spacial score (nSPS) is 11.1. The Morgan fingerprint density at radius 1 is 0.848 bits per heavy atom. The highest BCUT2D eigenvalue weighted by Crippen LogP contribution is 2.32. The lowest BCUT2D eigenvalue weighted by atomic mass is 10.2. The van der Waals surface area contributed by atoms with Crippen molar-refractivity contribution in [2.24, 2.45) is 0 Å². The number of nitrogens with zero attached hydrogens (tertiary/aromatic N) is 6. The second kappa shape index (κ2) is 9.74. The number of benzene rings is 2. The number of rotatable bonds is 7. The number of hydrogen-bond donors (Lipinski definition) is 0. The molecule has 3 aromatic heterocycles. The lowest BCUT2D eigenvalue weighted by Gasteiger charge is -2.10. The number of pyridine rings is 1. The summed E-state index contributed by atoms with van der Waals surface area (Å²) in [7, 11) is 0. The number of thioether (sulfide) groups is 1. The van der Waals surface area contributed by atoms with Gasteiger partial charge in [0.15, 0.2) is 11.0 Å². The van der Waals surface area contributed by atoms with E-state index in [2.05, 4.69) is 25.4 Å². The average Bonchev–Trinajstić information content (AvgIpc) is 3.47. The zero-order chi connectivity index (χ0) is 22.6. The highest BCUT2D eigenvalue weighted by molar-refractivity contribution is 7.98. The molecule has 3 heterocycles. The van der Waals surface area contributed by atoms with E-state index in [-0.39, 0.29) is 0 Å². The van der Waals surface area contributed by atoms with Crippen molar-refractivity contribution in [3.05, 3.63) is 100 Å². The quantitative estimate of drug-likeness (QED) is 0.260. The van der Waals surface area contributed by atoms with Gasteiger partial charge < -0.3 is 4.42 Å². The van der Waals surface area contributed by atoms with E-state index in [1.807, 2.05) is 53.1 Å². The monoisotopic (exact) mass is 494 g/mol. The van der Waals surface area contributed by atoms with Gasteiger partial charge >= 0.3 is 0 Å². The standard InChI is InChI=1S/C23H16Cl2N6OS/c24-18-9-8-17(12-19(18)25)31-22(16-7-4-10-26-13-16)29-30-23(31)33-14-21-28-27-20(32-21)11-15-5-2-1-3-6-15/h1-10,12-13H,11,14H2. The maximum atomic E-state index is 6.29. The van der Waals surface area contributed by atoms with Crippen LogP contribution in [0.5, 0.6) is 0 Å². The first-order valence-corrected chi connectivity index (χ1v) is 11.7. The van der Waals surface area contributed by atoms with Crippen molar-refractivity contribution in [2.75, 3.05) is 0 Å². The van der Waals surface area contributed by atoms with Gasteiger partial charge in [-0.25, -0.2) is 0 Å². The molecule has 0 aliphatic carbocycles. The predicted molar refractivity (Wildman–Crippen MR) is 128 cm³/mol. The Hall–Kier alpha value is -3.20. The van der Waals surface area contributed by atoms with Crippen LogP contribution in [0, 0.1) is 0 Å². The molecule has 0 saturated heterocycles. The SMILES string of the molecule is Clc1ccc(-n2c(SCc3nnc(Cc4ccccc4)o3)nnc2-c2cccnc2)cc1Cl. The van der Waals surface area contributed by atoms with Crippen molar-refractivity contribution in [2.45, 2.75) is 17.3 Å². The maximum absolute atomic E-state index is 6.29.